The Morgan fingerprint density at radius 2 is 1.97 bits per heavy atom. The summed E-state index contributed by atoms with van der Waals surface area (Å²) in [5.41, 5.74) is 1.48. The second kappa shape index (κ2) is 11.0. The molecule has 0 unspecified atom stereocenters. The Labute approximate surface area is 199 Å². The highest BCUT2D eigenvalue weighted by Crippen LogP contribution is 2.35. The highest BCUT2D eigenvalue weighted by molar-refractivity contribution is 7.85. The molecule has 2 aromatic rings. The first-order valence-corrected chi connectivity index (χ1v) is 12.4. The van der Waals surface area contributed by atoms with Crippen LogP contribution in [0.15, 0.2) is 47.4 Å². The molecule has 4 rings (SSSR count). The summed E-state index contributed by atoms with van der Waals surface area (Å²) < 4.78 is 49.0. The highest BCUT2D eigenvalue weighted by atomic mass is 32.2. The number of halogens is 1. The van der Waals surface area contributed by atoms with E-state index in [-0.39, 0.29) is 34.6 Å². The fourth-order valence-corrected chi connectivity index (χ4v) is 4.79. The Balaban J connectivity index is 0.000000248. The van der Waals surface area contributed by atoms with E-state index in [4.69, 9.17) is 14.6 Å². The first-order chi connectivity index (χ1) is 16.2. The molecule has 1 amide bonds. The van der Waals surface area contributed by atoms with Crippen LogP contribution in [0.1, 0.15) is 36.3 Å². The van der Waals surface area contributed by atoms with E-state index in [1.165, 1.54) is 25.3 Å². The predicted molar refractivity (Wildman–Crippen MR) is 123 cm³/mol. The van der Waals surface area contributed by atoms with E-state index in [1.807, 2.05) is 6.92 Å². The van der Waals surface area contributed by atoms with Gasteiger partial charge in [-0.1, -0.05) is 23.8 Å². The molecular formula is C24H28FN3O5S. The minimum absolute atomic E-state index is 0.0492. The molecule has 0 saturated carbocycles. The third-order valence-electron chi connectivity index (χ3n) is 6.07. The minimum atomic E-state index is -4.02. The Morgan fingerprint density at radius 3 is 2.59 bits per heavy atom. The van der Waals surface area contributed by atoms with Crippen molar-refractivity contribution in [3.05, 3.63) is 59.4 Å². The van der Waals surface area contributed by atoms with E-state index >= 15 is 0 Å². The number of hydrogen-bond donors (Lipinski definition) is 2. The molecule has 0 radical (unpaired) electrons. The van der Waals surface area contributed by atoms with Crippen LogP contribution in [-0.4, -0.2) is 56.1 Å². The first kappa shape index (κ1) is 25.6. The van der Waals surface area contributed by atoms with Gasteiger partial charge in [-0.3, -0.25) is 9.35 Å². The topological polar surface area (TPSA) is 120 Å². The summed E-state index contributed by atoms with van der Waals surface area (Å²) in [4.78, 5) is 14.2. The summed E-state index contributed by atoms with van der Waals surface area (Å²) in [6.45, 7) is 3.00. The van der Waals surface area contributed by atoms with Crippen molar-refractivity contribution in [1.29, 1.82) is 5.26 Å². The number of amides is 1. The zero-order chi connectivity index (χ0) is 24.9. The smallest absolute Gasteiger partial charge is 0.294 e. The van der Waals surface area contributed by atoms with Crippen LogP contribution < -0.4 is 10.1 Å². The quantitative estimate of drug-likeness (QED) is 0.634. The summed E-state index contributed by atoms with van der Waals surface area (Å²) in [5.74, 6) is 0.0522. The number of nitrogens with zero attached hydrogens (tertiary/aromatic N) is 2. The number of rotatable bonds is 4. The molecule has 2 aliphatic rings. The molecule has 2 fully saturated rings. The Bertz CT molecular complexity index is 1160. The number of likely N-dealkylation sites (tertiary alicyclic amines) is 1. The number of benzene rings is 2. The SMILES string of the molecule is COc1cccc(F)c1[C@@H]1CN[C@H](C(=O)N2CCC[C@H]2C#N)C1.Cc1ccc(S(=O)(=O)O)cc1. The second-order valence-electron chi connectivity index (χ2n) is 8.36. The second-order valence-corrected chi connectivity index (χ2v) is 9.78. The lowest BCUT2D eigenvalue weighted by molar-refractivity contribution is -0.133. The normalized spacial score (nSPS) is 22.0. The molecule has 10 heteroatoms. The average Bonchev–Trinajstić information content (AvgIpc) is 3.48. The monoisotopic (exact) mass is 489 g/mol. The number of ether oxygens (including phenoxy) is 1. The summed E-state index contributed by atoms with van der Waals surface area (Å²) >= 11 is 0. The number of aryl methyl sites for hydroxylation is 1. The number of hydrogen-bond acceptors (Lipinski definition) is 6. The number of nitrogens with one attached hydrogen (secondary N) is 1. The number of carbonyl (C=O) groups excluding carboxylic acids is 1. The molecule has 2 aliphatic heterocycles. The van der Waals surface area contributed by atoms with Gasteiger partial charge < -0.3 is 15.0 Å². The van der Waals surface area contributed by atoms with Gasteiger partial charge in [0.1, 0.15) is 17.6 Å². The van der Waals surface area contributed by atoms with Crippen LogP contribution in [0.25, 0.3) is 0 Å². The lowest BCUT2D eigenvalue weighted by atomic mass is 9.94. The summed E-state index contributed by atoms with van der Waals surface area (Å²) in [7, 11) is -2.50. The van der Waals surface area contributed by atoms with Gasteiger partial charge in [-0.05, 0) is 50.5 Å². The summed E-state index contributed by atoms with van der Waals surface area (Å²) in [5, 5.41) is 12.3. The molecule has 34 heavy (non-hydrogen) atoms. The number of carbonyl (C=O) groups is 1. The van der Waals surface area contributed by atoms with Crippen LogP contribution in [-0.2, 0) is 14.9 Å². The molecule has 0 spiro atoms. The maximum Gasteiger partial charge on any atom is 0.294 e. The molecule has 182 valence electrons. The van der Waals surface area contributed by atoms with E-state index in [1.54, 1.807) is 29.2 Å². The van der Waals surface area contributed by atoms with Crippen molar-refractivity contribution in [2.24, 2.45) is 0 Å². The summed E-state index contributed by atoms with van der Waals surface area (Å²) in [6, 6.07) is 12.3. The lowest BCUT2D eigenvalue weighted by Crippen LogP contribution is -2.45. The molecule has 3 atom stereocenters. The van der Waals surface area contributed by atoms with Gasteiger partial charge in [0.05, 0.1) is 24.1 Å². The number of nitriles is 1. The van der Waals surface area contributed by atoms with Crippen molar-refractivity contribution < 1.29 is 26.9 Å². The van der Waals surface area contributed by atoms with Crippen molar-refractivity contribution in [2.45, 2.75) is 49.1 Å². The van der Waals surface area contributed by atoms with Crippen LogP contribution in [0.2, 0.25) is 0 Å². The molecule has 2 saturated heterocycles. The van der Waals surface area contributed by atoms with Crippen molar-refractivity contribution >= 4 is 16.0 Å². The zero-order valence-electron chi connectivity index (χ0n) is 19.1. The molecule has 2 aromatic carbocycles. The van der Waals surface area contributed by atoms with Gasteiger partial charge in [-0.2, -0.15) is 13.7 Å². The van der Waals surface area contributed by atoms with E-state index in [0.717, 1.165) is 18.4 Å². The Morgan fingerprint density at radius 1 is 1.26 bits per heavy atom. The summed E-state index contributed by atoms with van der Waals surface area (Å²) in [6.07, 6.45) is 2.12. The van der Waals surface area contributed by atoms with E-state index in [9.17, 15) is 17.6 Å². The molecule has 2 heterocycles. The van der Waals surface area contributed by atoms with Crippen LogP contribution in [0.5, 0.6) is 5.75 Å². The van der Waals surface area contributed by atoms with Gasteiger partial charge in [-0.25, -0.2) is 4.39 Å². The Hall–Kier alpha value is -3.00. The lowest BCUT2D eigenvalue weighted by Gasteiger charge is -2.23. The molecule has 8 nitrogen and oxygen atoms in total. The van der Waals surface area contributed by atoms with Gasteiger partial charge in [0, 0.05) is 24.6 Å². The molecule has 0 aliphatic carbocycles. The van der Waals surface area contributed by atoms with Crippen LogP contribution in [0.3, 0.4) is 0 Å². The van der Waals surface area contributed by atoms with E-state index in [2.05, 4.69) is 11.4 Å². The fourth-order valence-electron chi connectivity index (χ4n) is 4.31. The van der Waals surface area contributed by atoms with Crippen LogP contribution in [0, 0.1) is 24.1 Å². The van der Waals surface area contributed by atoms with E-state index < -0.39 is 10.1 Å². The van der Waals surface area contributed by atoms with Gasteiger partial charge >= 0.3 is 0 Å². The predicted octanol–water partition coefficient (Wildman–Crippen LogP) is 3.04. The maximum absolute atomic E-state index is 14.2. The van der Waals surface area contributed by atoms with Crippen molar-refractivity contribution in [1.82, 2.24) is 10.2 Å². The standard InChI is InChI=1S/C17H20FN3O2.C7H8O3S/c1-23-15-6-2-5-13(18)16(15)11-8-14(20-10-11)17(22)21-7-3-4-12(21)9-19;1-6-2-4-7(5-3-6)11(8,9)10/h2,5-6,11-12,14,20H,3-4,7-8,10H2,1H3;2-5H,1H3,(H,8,9,10)/t11-,12-,14-;/m0./s1. The van der Waals surface area contributed by atoms with Crippen molar-refractivity contribution in [2.75, 3.05) is 20.2 Å². The molecular weight excluding hydrogens is 461 g/mol. The third-order valence-corrected chi connectivity index (χ3v) is 6.94. The van der Waals surface area contributed by atoms with Crippen molar-refractivity contribution in [3.63, 3.8) is 0 Å². The minimum Gasteiger partial charge on any atom is -0.496 e. The average molecular weight is 490 g/mol. The van der Waals surface area contributed by atoms with Crippen LogP contribution >= 0.6 is 0 Å². The van der Waals surface area contributed by atoms with Gasteiger partial charge in [0.25, 0.3) is 10.1 Å². The highest BCUT2D eigenvalue weighted by Gasteiger charge is 2.38. The van der Waals surface area contributed by atoms with Gasteiger partial charge in [0.15, 0.2) is 0 Å². The largest absolute Gasteiger partial charge is 0.496 e. The van der Waals surface area contributed by atoms with Gasteiger partial charge in [0.2, 0.25) is 5.91 Å². The molecule has 0 aromatic heterocycles. The van der Waals surface area contributed by atoms with Gasteiger partial charge in [-0.15, -0.1) is 0 Å². The molecule has 2 N–H and O–H groups in total. The first-order valence-electron chi connectivity index (χ1n) is 11.0. The zero-order valence-corrected chi connectivity index (χ0v) is 19.9. The maximum atomic E-state index is 14.2. The van der Waals surface area contributed by atoms with Crippen LogP contribution in [0.4, 0.5) is 4.39 Å². The number of methoxy groups -OCH3 is 1. The van der Waals surface area contributed by atoms with Crippen molar-refractivity contribution in [3.8, 4) is 11.8 Å². The third kappa shape index (κ3) is 5.91. The Kier molecular flexibility index (Phi) is 8.25. The molecule has 0 bridgehead atoms. The fraction of sp³-hybridized carbons (Fsp3) is 0.417. The van der Waals surface area contributed by atoms with E-state index in [0.29, 0.717) is 30.8 Å².